The topological polar surface area (TPSA) is 114 Å². The normalized spacial score (nSPS) is 12.1. The molecule has 1 amide bonds. The highest BCUT2D eigenvalue weighted by atomic mass is 16.3. The Hall–Kier alpha value is -2.77. The van der Waals surface area contributed by atoms with Crippen molar-refractivity contribution in [1.82, 2.24) is 9.55 Å². The largest absolute Gasteiger partial charge is 0.467 e. The van der Waals surface area contributed by atoms with Crippen LogP contribution in [0.15, 0.2) is 32.4 Å². The number of aromatic nitrogens is 2. The Bertz CT molecular complexity index is 851. The summed E-state index contributed by atoms with van der Waals surface area (Å²) in [5, 5.41) is 0. The van der Waals surface area contributed by atoms with Crippen molar-refractivity contribution < 1.29 is 9.21 Å². The third kappa shape index (κ3) is 4.07. The second-order valence-electron chi connectivity index (χ2n) is 6.31. The molecule has 0 saturated heterocycles. The van der Waals surface area contributed by atoms with Gasteiger partial charge in [0.2, 0.25) is 5.91 Å². The van der Waals surface area contributed by atoms with Gasteiger partial charge in [-0.2, -0.15) is 0 Å². The first-order chi connectivity index (χ1) is 12.4. The third-order valence-electron chi connectivity index (χ3n) is 4.41. The lowest BCUT2D eigenvalue weighted by atomic mass is 10.1. The molecule has 3 N–H and O–H groups in total. The number of hydrogen-bond donors (Lipinski definition) is 2. The van der Waals surface area contributed by atoms with Gasteiger partial charge in [0.25, 0.3) is 5.56 Å². The maximum Gasteiger partial charge on any atom is 0.330 e. The molecule has 0 aliphatic carbocycles. The molecule has 0 aromatic carbocycles. The van der Waals surface area contributed by atoms with E-state index in [2.05, 4.69) is 4.98 Å². The molecule has 2 heterocycles. The average Bonchev–Trinajstić information content (AvgIpc) is 3.12. The van der Waals surface area contributed by atoms with Crippen molar-refractivity contribution in [3.05, 3.63) is 45.0 Å². The summed E-state index contributed by atoms with van der Waals surface area (Å²) in [4.78, 5) is 41.1. The van der Waals surface area contributed by atoms with Gasteiger partial charge in [-0.25, -0.2) is 4.79 Å². The van der Waals surface area contributed by atoms with E-state index in [1.54, 1.807) is 19.1 Å². The fourth-order valence-corrected chi connectivity index (χ4v) is 2.64. The van der Waals surface area contributed by atoms with Crippen molar-refractivity contribution in [2.24, 2.45) is 5.92 Å². The van der Waals surface area contributed by atoms with Crippen molar-refractivity contribution in [1.29, 1.82) is 0 Å². The Morgan fingerprint density at radius 1 is 1.38 bits per heavy atom. The number of carbonyl (C=O) groups excluding carboxylic acids is 1. The molecule has 0 bridgehead atoms. The molecule has 26 heavy (non-hydrogen) atoms. The minimum atomic E-state index is -0.677. The SMILES string of the molecule is CCCCn1c(N)c(N(Cc2ccco2)C(=O)C(C)CC)c(=O)[nH]c1=O. The average molecular weight is 362 g/mol. The number of H-pyrrole nitrogens is 1. The number of amides is 1. The fourth-order valence-electron chi connectivity index (χ4n) is 2.64. The van der Waals surface area contributed by atoms with Crippen LogP contribution in [0.2, 0.25) is 0 Å². The molecule has 0 fully saturated rings. The summed E-state index contributed by atoms with van der Waals surface area (Å²) in [7, 11) is 0. The monoisotopic (exact) mass is 362 g/mol. The van der Waals surface area contributed by atoms with Crippen LogP contribution in [0.1, 0.15) is 45.8 Å². The van der Waals surface area contributed by atoms with Crippen molar-refractivity contribution >= 4 is 17.4 Å². The molecule has 0 aliphatic rings. The van der Waals surface area contributed by atoms with Gasteiger partial charge in [0, 0.05) is 12.5 Å². The smallest absolute Gasteiger partial charge is 0.330 e. The number of furan rings is 1. The van der Waals surface area contributed by atoms with Gasteiger partial charge in [-0.1, -0.05) is 27.2 Å². The third-order valence-corrected chi connectivity index (χ3v) is 4.41. The number of nitrogen functional groups attached to an aromatic ring is 1. The molecular formula is C18H26N4O4. The summed E-state index contributed by atoms with van der Waals surface area (Å²) in [6, 6.07) is 3.42. The molecule has 2 rings (SSSR count). The number of nitrogens with zero attached hydrogens (tertiary/aromatic N) is 2. The summed E-state index contributed by atoms with van der Waals surface area (Å²) < 4.78 is 6.64. The first-order valence-electron chi connectivity index (χ1n) is 8.87. The Balaban J connectivity index is 2.57. The predicted octanol–water partition coefficient (Wildman–Crippen LogP) is 2.09. The fraction of sp³-hybridized carbons (Fsp3) is 0.500. The minimum absolute atomic E-state index is 0.00425. The number of carbonyl (C=O) groups is 1. The maximum absolute atomic E-state index is 12.9. The van der Waals surface area contributed by atoms with E-state index in [-0.39, 0.29) is 29.9 Å². The van der Waals surface area contributed by atoms with E-state index in [1.807, 2.05) is 13.8 Å². The molecule has 8 heteroatoms. The summed E-state index contributed by atoms with van der Waals surface area (Å²) in [6.07, 6.45) is 3.70. The van der Waals surface area contributed by atoms with E-state index in [0.717, 1.165) is 12.8 Å². The summed E-state index contributed by atoms with van der Waals surface area (Å²) in [5.41, 5.74) is 4.89. The number of rotatable bonds is 8. The molecule has 2 aromatic heterocycles. The molecule has 0 radical (unpaired) electrons. The zero-order valence-corrected chi connectivity index (χ0v) is 15.4. The van der Waals surface area contributed by atoms with Gasteiger partial charge in [-0.05, 0) is 25.0 Å². The first kappa shape index (κ1) is 19.6. The van der Waals surface area contributed by atoms with Crippen LogP contribution in [0.25, 0.3) is 0 Å². The van der Waals surface area contributed by atoms with Gasteiger partial charge in [0.15, 0.2) is 5.69 Å². The van der Waals surface area contributed by atoms with Crippen molar-refractivity contribution in [3.63, 3.8) is 0 Å². The van der Waals surface area contributed by atoms with Crippen molar-refractivity contribution in [2.45, 2.75) is 53.1 Å². The molecule has 0 aliphatic heterocycles. The van der Waals surface area contributed by atoms with Gasteiger partial charge in [-0.15, -0.1) is 0 Å². The minimum Gasteiger partial charge on any atom is -0.467 e. The molecule has 2 aromatic rings. The molecule has 1 atom stereocenters. The van der Waals surface area contributed by atoms with E-state index >= 15 is 0 Å². The molecule has 1 unspecified atom stereocenters. The Kier molecular flexibility index (Phi) is 6.43. The number of anilines is 2. The number of nitrogens with two attached hydrogens (primary N) is 1. The van der Waals surface area contributed by atoms with E-state index in [4.69, 9.17) is 10.2 Å². The molecule has 8 nitrogen and oxygen atoms in total. The number of hydrogen-bond acceptors (Lipinski definition) is 5. The van der Waals surface area contributed by atoms with E-state index < -0.39 is 11.2 Å². The molecule has 142 valence electrons. The lowest BCUT2D eigenvalue weighted by Crippen LogP contribution is -2.42. The van der Waals surface area contributed by atoms with E-state index in [9.17, 15) is 14.4 Å². The van der Waals surface area contributed by atoms with Gasteiger partial charge >= 0.3 is 5.69 Å². The second kappa shape index (κ2) is 8.55. The van der Waals surface area contributed by atoms with Crippen LogP contribution in [0.3, 0.4) is 0 Å². The second-order valence-corrected chi connectivity index (χ2v) is 6.31. The highest BCUT2D eigenvalue weighted by molar-refractivity contribution is 5.96. The van der Waals surface area contributed by atoms with Gasteiger partial charge in [0.1, 0.15) is 11.6 Å². The molecule has 0 spiro atoms. The van der Waals surface area contributed by atoms with Crippen LogP contribution in [-0.4, -0.2) is 15.5 Å². The van der Waals surface area contributed by atoms with Crippen LogP contribution >= 0.6 is 0 Å². The molecular weight excluding hydrogens is 336 g/mol. The zero-order chi connectivity index (χ0) is 19.3. The van der Waals surface area contributed by atoms with Crippen LogP contribution in [-0.2, 0) is 17.9 Å². The predicted molar refractivity (Wildman–Crippen MR) is 100.0 cm³/mol. The Morgan fingerprint density at radius 2 is 2.12 bits per heavy atom. The number of unbranched alkanes of at least 4 members (excludes halogenated alkanes) is 1. The summed E-state index contributed by atoms with van der Waals surface area (Å²) >= 11 is 0. The standard InChI is InChI=1S/C18H26N4O4/c1-4-6-9-21-15(19)14(16(23)20-18(21)25)22(17(24)12(3)5-2)11-13-8-7-10-26-13/h7-8,10,12H,4-6,9,11,19H2,1-3H3,(H,20,23,25). The lowest BCUT2D eigenvalue weighted by molar-refractivity contribution is -0.122. The Labute approximate surface area is 151 Å². The van der Waals surface area contributed by atoms with Crippen molar-refractivity contribution in [2.75, 3.05) is 10.6 Å². The Morgan fingerprint density at radius 3 is 2.69 bits per heavy atom. The van der Waals surface area contributed by atoms with Crippen LogP contribution in [0.4, 0.5) is 11.5 Å². The molecule has 0 saturated carbocycles. The van der Waals surface area contributed by atoms with Crippen LogP contribution in [0.5, 0.6) is 0 Å². The number of nitrogens with one attached hydrogen (secondary N) is 1. The van der Waals surface area contributed by atoms with Crippen molar-refractivity contribution in [3.8, 4) is 0 Å². The highest BCUT2D eigenvalue weighted by Gasteiger charge is 2.27. The van der Waals surface area contributed by atoms with E-state index in [0.29, 0.717) is 18.7 Å². The maximum atomic E-state index is 12.9. The van der Waals surface area contributed by atoms with Crippen LogP contribution < -0.4 is 21.9 Å². The first-order valence-corrected chi connectivity index (χ1v) is 8.87. The van der Waals surface area contributed by atoms with Crippen LogP contribution in [0, 0.1) is 5.92 Å². The summed E-state index contributed by atoms with van der Waals surface area (Å²) in [6.45, 7) is 6.11. The van der Waals surface area contributed by atoms with E-state index in [1.165, 1.54) is 15.7 Å². The number of aromatic amines is 1. The summed E-state index contributed by atoms with van der Waals surface area (Å²) in [5.74, 6) is -0.0382. The van der Waals surface area contributed by atoms with Gasteiger partial charge in [-0.3, -0.25) is 24.0 Å². The van der Waals surface area contributed by atoms with Gasteiger partial charge in [0.05, 0.1) is 12.8 Å². The highest BCUT2D eigenvalue weighted by Crippen LogP contribution is 2.23. The quantitative estimate of drug-likeness (QED) is 0.746. The zero-order valence-electron chi connectivity index (χ0n) is 15.4. The lowest BCUT2D eigenvalue weighted by Gasteiger charge is -2.26. The van der Waals surface area contributed by atoms with Gasteiger partial charge < -0.3 is 10.2 Å².